The summed E-state index contributed by atoms with van der Waals surface area (Å²) in [6, 6.07) is 0. The average Bonchev–Trinajstić information content (AvgIpc) is 2.51. The van der Waals surface area contributed by atoms with E-state index in [9.17, 15) is 4.79 Å². The van der Waals surface area contributed by atoms with Crippen LogP contribution in [0.5, 0.6) is 0 Å². The summed E-state index contributed by atoms with van der Waals surface area (Å²) in [5.74, 6) is 0.664. The van der Waals surface area contributed by atoms with E-state index in [2.05, 4.69) is 17.6 Å². The van der Waals surface area contributed by atoms with Crippen molar-refractivity contribution in [1.82, 2.24) is 10.6 Å². The van der Waals surface area contributed by atoms with E-state index in [-0.39, 0.29) is 5.91 Å². The summed E-state index contributed by atoms with van der Waals surface area (Å²) in [6.07, 6.45) is 1.53. The molecule has 0 radical (unpaired) electrons. The number of hydrogen-bond donors (Lipinski definition) is 2. The van der Waals surface area contributed by atoms with Crippen LogP contribution in [-0.2, 0) is 9.53 Å². The van der Waals surface area contributed by atoms with E-state index in [1.54, 1.807) is 0 Å². The van der Waals surface area contributed by atoms with Gasteiger partial charge >= 0.3 is 0 Å². The molecule has 2 N–H and O–H groups in total. The topological polar surface area (TPSA) is 50.4 Å². The Morgan fingerprint density at radius 3 is 2.86 bits per heavy atom. The van der Waals surface area contributed by atoms with Crippen LogP contribution in [0, 0.1) is 5.92 Å². The lowest BCUT2D eigenvalue weighted by Gasteiger charge is -2.14. The molecule has 1 amide bonds. The van der Waals surface area contributed by atoms with Gasteiger partial charge in [-0.15, -0.1) is 0 Å². The molecule has 82 valence electrons. The SMILES string of the molecule is CC(=O)NCCNCC1CCOC1C. The normalized spacial score (nSPS) is 26.4. The third kappa shape index (κ3) is 4.07. The molecule has 1 heterocycles. The summed E-state index contributed by atoms with van der Waals surface area (Å²) < 4.78 is 5.45. The van der Waals surface area contributed by atoms with Crippen molar-refractivity contribution in [2.75, 3.05) is 26.2 Å². The minimum absolute atomic E-state index is 0.0318. The van der Waals surface area contributed by atoms with E-state index in [4.69, 9.17) is 4.74 Å². The van der Waals surface area contributed by atoms with Gasteiger partial charge in [0.1, 0.15) is 0 Å². The van der Waals surface area contributed by atoms with Crippen LogP contribution in [-0.4, -0.2) is 38.3 Å². The highest BCUT2D eigenvalue weighted by molar-refractivity contribution is 5.72. The second-order valence-corrected chi connectivity index (χ2v) is 3.81. The zero-order valence-corrected chi connectivity index (χ0v) is 9.01. The zero-order chi connectivity index (χ0) is 10.4. The first-order valence-corrected chi connectivity index (χ1v) is 5.27. The summed E-state index contributed by atoms with van der Waals surface area (Å²) in [4.78, 5) is 10.6. The molecular weight excluding hydrogens is 180 g/mol. The number of ether oxygens (including phenoxy) is 1. The molecule has 1 aliphatic rings. The van der Waals surface area contributed by atoms with Gasteiger partial charge in [-0.2, -0.15) is 0 Å². The van der Waals surface area contributed by atoms with Gasteiger partial charge in [-0.25, -0.2) is 0 Å². The Hall–Kier alpha value is -0.610. The van der Waals surface area contributed by atoms with E-state index in [0.717, 1.165) is 26.1 Å². The van der Waals surface area contributed by atoms with Crippen LogP contribution in [0.15, 0.2) is 0 Å². The molecule has 1 aliphatic heterocycles. The van der Waals surface area contributed by atoms with Crippen LogP contribution in [0.2, 0.25) is 0 Å². The summed E-state index contributed by atoms with van der Waals surface area (Å²) in [7, 11) is 0. The van der Waals surface area contributed by atoms with Crippen molar-refractivity contribution < 1.29 is 9.53 Å². The predicted octanol–water partition coefficient (Wildman–Crippen LogP) is 0.137. The number of hydrogen-bond acceptors (Lipinski definition) is 3. The van der Waals surface area contributed by atoms with Crippen molar-refractivity contribution in [3.05, 3.63) is 0 Å². The molecule has 14 heavy (non-hydrogen) atoms. The van der Waals surface area contributed by atoms with Crippen LogP contribution < -0.4 is 10.6 Å². The van der Waals surface area contributed by atoms with Crippen LogP contribution in [0.3, 0.4) is 0 Å². The van der Waals surface area contributed by atoms with Crippen LogP contribution in [0.1, 0.15) is 20.3 Å². The number of rotatable bonds is 5. The maximum atomic E-state index is 10.6. The highest BCUT2D eigenvalue weighted by Crippen LogP contribution is 2.18. The Labute approximate surface area is 85.4 Å². The van der Waals surface area contributed by atoms with E-state index < -0.39 is 0 Å². The largest absolute Gasteiger partial charge is 0.378 e. The lowest BCUT2D eigenvalue weighted by molar-refractivity contribution is -0.118. The fourth-order valence-electron chi connectivity index (χ4n) is 1.66. The average molecular weight is 200 g/mol. The van der Waals surface area contributed by atoms with Gasteiger partial charge in [0.05, 0.1) is 6.10 Å². The first-order chi connectivity index (χ1) is 6.70. The van der Waals surface area contributed by atoms with E-state index >= 15 is 0 Å². The minimum Gasteiger partial charge on any atom is -0.378 e. The second-order valence-electron chi connectivity index (χ2n) is 3.81. The van der Waals surface area contributed by atoms with E-state index in [1.165, 1.54) is 6.92 Å². The van der Waals surface area contributed by atoms with Gasteiger partial charge in [0, 0.05) is 33.2 Å². The third-order valence-electron chi connectivity index (χ3n) is 2.62. The molecule has 0 aliphatic carbocycles. The van der Waals surface area contributed by atoms with Gasteiger partial charge in [-0.1, -0.05) is 0 Å². The van der Waals surface area contributed by atoms with Crippen LogP contribution in [0.25, 0.3) is 0 Å². The molecule has 0 bridgehead atoms. The van der Waals surface area contributed by atoms with Crippen molar-refractivity contribution in [2.45, 2.75) is 26.4 Å². The van der Waals surface area contributed by atoms with Gasteiger partial charge in [-0.3, -0.25) is 4.79 Å². The smallest absolute Gasteiger partial charge is 0.216 e. The molecule has 0 aromatic carbocycles. The molecule has 0 spiro atoms. The molecule has 0 aromatic rings. The monoisotopic (exact) mass is 200 g/mol. The number of carbonyl (C=O) groups excluding carboxylic acids is 1. The maximum Gasteiger partial charge on any atom is 0.216 e. The fourth-order valence-corrected chi connectivity index (χ4v) is 1.66. The highest BCUT2D eigenvalue weighted by Gasteiger charge is 2.23. The lowest BCUT2D eigenvalue weighted by Crippen LogP contribution is -2.34. The lowest BCUT2D eigenvalue weighted by atomic mass is 10.0. The van der Waals surface area contributed by atoms with Gasteiger partial charge in [0.25, 0.3) is 0 Å². The standard InChI is InChI=1S/C10H20N2O2/c1-8-10(3-6-14-8)7-11-4-5-12-9(2)13/h8,10-11H,3-7H2,1-2H3,(H,12,13). The molecule has 2 unspecified atom stereocenters. The second kappa shape index (κ2) is 5.98. The predicted molar refractivity (Wildman–Crippen MR) is 55.1 cm³/mol. The maximum absolute atomic E-state index is 10.6. The molecule has 4 heteroatoms. The summed E-state index contributed by atoms with van der Waals surface area (Å²) in [5, 5.41) is 6.07. The Balaban J connectivity index is 1.95. The molecule has 0 aromatic heterocycles. The number of carbonyl (C=O) groups is 1. The summed E-state index contributed by atoms with van der Waals surface area (Å²) in [5.41, 5.74) is 0. The molecule has 0 saturated carbocycles. The van der Waals surface area contributed by atoms with Crippen molar-refractivity contribution in [3.8, 4) is 0 Å². The third-order valence-corrected chi connectivity index (χ3v) is 2.62. The Morgan fingerprint density at radius 2 is 2.29 bits per heavy atom. The zero-order valence-electron chi connectivity index (χ0n) is 9.01. The fraction of sp³-hybridized carbons (Fsp3) is 0.900. The molecule has 1 saturated heterocycles. The molecular formula is C10H20N2O2. The highest BCUT2D eigenvalue weighted by atomic mass is 16.5. The minimum atomic E-state index is 0.0318. The van der Waals surface area contributed by atoms with Gasteiger partial charge in [0.2, 0.25) is 5.91 Å². The number of nitrogens with one attached hydrogen (secondary N) is 2. The first kappa shape index (κ1) is 11.5. The van der Waals surface area contributed by atoms with Crippen molar-refractivity contribution >= 4 is 5.91 Å². The van der Waals surface area contributed by atoms with E-state index in [0.29, 0.717) is 18.6 Å². The van der Waals surface area contributed by atoms with Gasteiger partial charge in [-0.05, 0) is 19.3 Å². The molecule has 1 fully saturated rings. The Kier molecular flexibility index (Phi) is 4.90. The van der Waals surface area contributed by atoms with Gasteiger partial charge < -0.3 is 15.4 Å². The summed E-state index contributed by atoms with van der Waals surface area (Å²) >= 11 is 0. The van der Waals surface area contributed by atoms with E-state index in [1.807, 2.05) is 0 Å². The van der Waals surface area contributed by atoms with Crippen molar-refractivity contribution in [2.24, 2.45) is 5.92 Å². The first-order valence-electron chi connectivity index (χ1n) is 5.27. The quantitative estimate of drug-likeness (QED) is 0.621. The van der Waals surface area contributed by atoms with Crippen LogP contribution in [0.4, 0.5) is 0 Å². The molecule has 4 nitrogen and oxygen atoms in total. The Morgan fingerprint density at radius 1 is 1.50 bits per heavy atom. The molecule has 2 atom stereocenters. The number of amides is 1. The van der Waals surface area contributed by atoms with Crippen molar-refractivity contribution in [3.63, 3.8) is 0 Å². The molecule has 1 rings (SSSR count). The van der Waals surface area contributed by atoms with Crippen molar-refractivity contribution in [1.29, 1.82) is 0 Å². The van der Waals surface area contributed by atoms with Gasteiger partial charge in [0.15, 0.2) is 0 Å². The van der Waals surface area contributed by atoms with Crippen LogP contribution >= 0.6 is 0 Å². The summed E-state index contributed by atoms with van der Waals surface area (Å²) in [6.45, 7) is 7.07. The Bertz CT molecular complexity index is 185.